The Kier molecular flexibility index (Phi) is 0.703. The first-order chi connectivity index (χ1) is 5.67. The smallest absolute Gasteiger partial charge is 0.0147 e. The summed E-state index contributed by atoms with van der Waals surface area (Å²) in [5, 5.41) is 0. The van der Waals surface area contributed by atoms with Gasteiger partial charge in [0.2, 0.25) is 0 Å². The van der Waals surface area contributed by atoms with Gasteiger partial charge in [0.15, 0.2) is 0 Å². The second kappa shape index (κ2) is 1.31. The highest BCUT2D eigenvalue weighted by Gasteiger charge is 3.01. The lowest BCUT2D eigenvalue weighted by molar-refractivity contribution is -0.175. The van der Waals surface area contributed by atoms with E-state index in [9.17, 15) is 0 Å². The topological polar surface area (TPSA) is 0 Å². The Bertz CT molecular complexity index is 280. The van der Waals surface area contributed by atoms with Crippen molar-refractivity contribution in [2.45, 2.75) is 46.0 Å². The molecule has 0 nitrogen and oxygen atoms in total. The maximum Gasteiger partial charge on any atom is -0.0147 e. The summed E-state index contributed by atoms with van der Waals surface area (Å²) in [7, 11) is 0. The first-order valence-electron chi connectivity index (χ1n) is 5.67. The van der Waals surface area contributed by atoms with E-state index in [1.807, 2.05) is 0 Å². The van der Waals surface area contributed by atoms with Crippen LogP contribution in [-0.2, 0) is 0 Å². The molecule has 4 fully saturated rings. The number of fused-ring (bicyclic) bond motifs is 1. The Morgan fingerprint density at radius 3 is 2.42 bits per heavy atom. The minimum Gasteiger partial charge on any atom is -0.0628 e. The molecule has 0 aromatic heterocycles. The van der Waals surface area contributed by atoms with Gasteiger partial charge in [-0.3, -0.25) is 0 Å². The normalized spacial score (nSPS) is 68.8. The molecule has 0 aromatic rings. The van der Waals surface area contributed by atoms with Crippen molar-refractivity contribution in [3.8, 4) is 0 Å². The molecular formula is C12H18. The first kappa shape index (κ1) is 6.45. The number of hydrogen-bond donors (Lipinski definition) is 0. The monoisotopic (exact) mass is 162 g/mol. The van der Waals surface area contributed by atoms with Crippen LogP contribution >= 0.6 is 0 Å². The summed E-state index contributed by atoms with van der Waals surface area (Å²) in [6, 6.07) is 0. The fraction of sp³-hybridized carbons (Fsp3) is 1.00. The lowest BCUT2D eigenvalue weighted by Gasteiger charge is -2.66. The molecule has 0 saturated heterocycles. The molecular weight excluding hydrogens is 144 g/mol. The molecule has 0 bridgehead atoms. The van der Waals surface area contributed by atoms with Crippen molar-refractivity contribution in [3.63, 3.8) is 0 Å². The molecule has 4 aliphatic carbocycles. The standard InChI is InChI=1S/C12H18/c1-8(2)5-11-7-10-3-4-12(10,11)9(11)6-10/h8-9H,3-7H2,1-2H3. The molecule has 0 aromatic carbocycles. The van der Waals surface area contributed by atoms with Gasteiger partial charge in [-0.1, -0.05) is 13.8 Å². The second-order valence-corrected chi connectivity index (χ2v) is 6.44. The molecule has 0 aliphatic heterocycles. The van der Waals surface area contributed by atoms with Gasteiger partial charge in [-0.05, 0) is 60.2 Å². The average molecular weight is 162 g/mol. The molecule has 4 rings (SSSR count). The zero-order valence-corrected chi connectivity index (χ0v) is 8.19. The van der Waals surface area contributed by atoms with Gasteiger partial charge < -0.3 is 0 Å². The van der Waals surface area contributed by atoms with E-state index in [1.165, 1.54) is 5.92 Å². The van der Waals surface area contributed by atoms with Crippen molar-refractivity contribution in [3.05, 3.63) is 0 Å². The van der Waals surface area contributed by atoms with Crippen LogP contribution in [0.3, 0.4) is 0 Å². The first-order valence-corrected chi connectivity index (χ1v) is 5.67. The van der Waals surface area contributed by atoms with Gasteiger partial charge in [0.1, 0.15) is 0 Å². The van der Waals surface area contributed by atoms with E-state index < -0.39 is 0 Å². The molecule has 0 radical (unpaired) electrons. The van der Waals surface area contributed by atoms with E-state index in [0.29, 0.717) is 0 Å². The summed E-state index contributed by atoms with van der Waals surface area (Å²) in [6.07, 6.45) is 8.05. The third-order valence-electron chi connectivity index (χ3n) is 6.03. The van der Waals surface area contributed by atoms with Crippen LogP contribution in [0.15, 0.2) is 0 Å². The largest absolute Gasteiger partial charge is 0.0628 e. The highest BCUT2D eigenvalue weighted by molar-refractivity contribution is 5.49. The minimum atomic E-state index is 0.930. The van der Waals surface area contributed by atoms with Crippen LogP contribution in [0.4, 0.5) is 0 Å². The summed E-state index contributed by atoms with van der Waals surface area (Å²) >= 11 is 0. The highest BCUT2D eigenvalue weighted by Crippen LogP contribution is 3.07. The van der Waals surface area contributed by atoms with Crippen LogP contribution in [0.1, 0.15) is 46.0 Å². The van der Waals surface area contributed by atoms with E-state index in [4.69, 9.17) is 0 Å². The van der Waals surface area contributed by atoms with Crippen LogP contribution in [0.25, 0.3) is 0 Å². The Balaban J connectivity index is 1.68. The third kappa shape index (κ3) is 0.311. The van der Waals surface area contributed by atoms with Crippen molar-refractivity contribution in [1.82, 2.24) is 0 Å². The molecule has 12 heavy (non-hydrogen) atoms. The Morgan fingerprint density at radius 1 is 1.33 bits per heavy atom. The quantitative estimate of drug-likeness (QED) is 0.585. The highest BCUT2D eigenvalue weighted by atomic mass is 15.0. The van der Waals surface area contributed by atoms with Crippen LogP contribution < -0.4 is 0 Å². The molecule has 4 saturated carbocycles. The second-order valence-electron chi connectivity index (χ2n) is 6.44. The Hall–Kier alpha value is 0. The molecule has 0 heterocycles. The van der Waals surface area contributed by atoms with Crippen molar-refractivity contribution >= 4 is 0 Å². The van der Waals surface area contributed by atoms with Crippen molar-refractivity contribution in [1.29, 1.82) is 0 Å². The third-order valence-corrected chi connectivity index (χ3v) is 6.03. The summed E-state index contributed by atoms with van der Waals surface area (Å²) < 4.78 is 0. The molecule has 0 amide bonds. The minimum absolute atomic E-state index is 0.930. The zero-order chi connectivity index (χ0) is 8.19. The van der Waals surface area contributed by atoms with E-state index in [1.54, 1.807) is 32.1 Å². The van der Waals surface area contributed by atoms with Crippen LogP contribution in [0.2, 0.25) is 0 Å². The van der Waals surface area contributed by atoms with E-state index in [-0.39, 0.29) is 0 Å². The SMILES string of the molecule is CC(C)CC12CC34CCC31C2C4. The lowest BCUT2D eigenvalue weighted by atomic mass is 9.38. The summed E-state index contributed by atoms with van der Waals surface area (Å²) in [5.41, 5.74) is 2.89. The molecule has 0 heteroatoms. The Morgan fingerprint density at radius 2 is 2.17 bits per heavy atom. The fourth-order valence-corrected chi connectivity index (χ4v) is 5.97. The predicted molar refractivity (Wildman–Crippen MR) is 48.7 cm³/mol. The van der Waals surface area contributed by atoms with Gasteiger partial charge in [-0.15, -0.1) is 0 Å². The number of hydrogen-bond acceptors (Lipinski definition) is 0. The Labute approximate surface area is 74.7 Å². The van der Waals surface area contributed by atoms with Gasteiger partial charge in [0, 0.05) is 0 Å². The van der Waals surface area contributed by atoms with Gasteiger partial charge in [-0.25, -0.2) is 0 Å². The summed E-state index contributed by atoms with van der Waals surface area (Å²) in [5.74, 6) is 2.17. The fourth-order valence-electron chi connectivity index (χ4n) is 5.97. The average Bonchev–Trinajstić information content (AvgIpc) is 2.25. The molecule has 0 N–H and O–H groups in total. The molecule has 66 valence electrons. The molecule has 4 unspecified atom stereocenters. The van der Waals surface area contributed by atoms with Crippen LogP contribution in [0, 0.1) is 28.1 Å². The van der Waals surface area contributed by atoms with E-state index >= 15 is 0 Å². The molecule has 4 aliphatic rings. The van der Waals surface area contributed by atoms with Gasteiger partial charge in [0.25, 0.3) is 0 Å². The van der Waals surface area contributed by atoms with Crippen molar-refractivity contribution in [2.24, 2.45) is 28.1 Å². The number of rotatable bonds is 2. The van der Waals surface area contributed by atoms with Gasteiger partial charge in [0.05, 0.1) is 0 Å². The van der Waals surface area contributed by atoms with E-state index in [0.717, 1.165) is 22.2 Å². The lowest BCUT2D eigenvalue weighted by Crippen LogP contribution is -2.58. The summed E-state index contributed by atoms with van der Waals surface area (Å²) in [4.78, 5) is 0. The maximum absolute atomic E-state index is 2.40. The predicted octanol–water partition coefficient (Wildman–Crippen LogP) is 3.22. The van der Waals surface area contributed by atoms with E-state index in [2.05, 4.69) is 13.8 Å². The maximum atomic E-state index is 2.40. The van der Waals surface area contributed by atoms with Gasteiger partial charge >= 0.3 is 0 Å². The van der Waals surface area contributed by atoms with Gasteiger partial charge in [-0.2, -0.15) is 0 Å². The molecule has 4 atom stereocenters. The molecule has 1 spiro atoms. The zero-order valence-electron chi connectivity index (χ0n) is 8.19. The summed E-state index contributed by atoms with van der Waals surface area (Å²) in [6.45, 7) is 4.81. The van der Waals surface area contributed by atoms with Crippen molar-refractivity contribution in [2.75, 3.05) is 0 Å². The van der Waals surface area contributed by atoms with Crippen molar-refractivity contribution < 1.29 is 0 Å². The van der Waals surface area contributed by atoms with Crippen LogP contribution in [0.5, 0.6) is 0 Å². The van der Waals surface area contributed by atoms with Crippen LogP contribution in [-0.4, -0.2) is 0 Å².